The molecule has 6 heteroatoms. The Bertz CT molecular complexity index is 431. The van der Waals surface area contributed by atoms with Crippen molar-refractivity contribution in [2.24, 2.45) is 0 Å². The predicted octanol–water partition coefficient (Wildman–Crippen LogP) is 6.45. The van der Waals surface area contributed by atoms with E-state index in [1.807, 2.05) is 13.0 Å². The molecule has 0 aliphatic heterocycles. The van der Waals surface area contributed by atoms with Crippen molar-refractivity contribution < 1.29 is 5.11 Å². The molecule has 0 saturated carbocycles. The van der Waals surface area contributed by atoms with Crippen LogP contribution in [0.1, 0.15) is 19.8 Å². The van der Waals surface area contributed by atoms with Crippen LogP contribution in [0.25, 0.3) is 0 Å². The molecule has 0 atom stereocenters. The van der Waals surface area contributed by atoms with Gasteiger partial charge in [0.15, 0.2) is 5.75 Å². The van der Waals surface area contributed by atoms with Crippen LogP contribution in [0.3, 0.4) is 0 Å². The predicted molar refractivity (Wildman–Crippen MR) is 82.9 cm³/mol. The van der Waals surface area contributed by atoms with E-state index in [0.29, 0.717) is 4.90 Å². The van der Waals surface area contributed by atoms with Crippen LogP contribution < -0.4 is 0 Å². The Hall–Kier alpha value is 0.270. The highest BCUT2D eigenvalue weighted by atomic mass is 35.5. The van der Waals surface area contributed by atoms with E-state index in [1.165, 1.54) is 11.8 Å². The molecular formula is C12H12Cl4OS. The van der Waals surface area contributed by atoms with Crippen LogP contribution in [0, 0.1) is 0 Å². The zero-order valence-corrected chi connectivity index (χ0v) is 13.5. The smallest absolute Gasteiger partial charge is 0.155 e. The summed E-state index contributed by atoms with van der Waals surface area (Å²) in [4.78, 5) is 0.617. The summed E-state index contributed by atoms with van der Waals surface area (Å²) >= 11 is 25.3. The molecular weight excluding hydrogens is 334 g/mol. The average Bonchev–Trinajstić information content (AvgIpc) is 2.37. The minimum atomic E-state index is -0.272. The van der Waals surface area contributed by atoms with Crippen LogP contribution in [-0.4, -0.2) is 10.9 Å². The summed E-state index contributed by atoms with van der Waals surface area (Å²) < 4.78 is 0. The fraction of sp³-hybridized carbons (Fsp3) is 0.333. The Kier molecular flexibility index (Phi) is 7.04. The van der Waals surface area contributed by atoms with E-state index in [4.69, 9.17) is 46.4 Å². The largest absolute Gasteiger partial charge is 0.505 e. The summed E-state index contributed by atoms with van der Waals surface area (Å²) in [5.41, 5.74) is 0. The van der Waals surface area contributed by atoms with Gasteiger partial charge < -0.3 is 5.11 Å². The van der Waals surface area contributed by atoms with E-state index in [2.05, 4.69) is 6.08 Å². The van der Waals surface area contributed by atoms with Crippen LogP contribution >= 0.6 is 58.2 Å². The maximum Gasteiger partial charge on any atom is 0.155 e. The van der Waals surface area contributed by atoms with Crippen molar-refractivity contribution in [3.63, 3.8) is 0 Å². The van der Waals surface area contributed by atoms with Gasteiger partial charge in [-0.25, -0.2) is 0 Å². The fourth-order valence-corrected chi connectivity index (χ4v) is 3.52. The number of thioether (sulfide) groups is 1. The maximum absolute atomic E-state index is 9.58. The maximum atomic E-state index is 9.58. The van der Waals surface area contributed by atoms with Crippen molar-refractivity contribution in [3.8, 4) is 5.75 Å². The number of unbranched alkanes of at least 4 members (excludes halogenated alkanes) is 1. The lowest BCUT2D eigenvalue weighted by atomic mass is 10.3. The van der Waals surface area contributed by atoms with Crippen molar-refractivity contribution >= 4 is 58.2 Å². The van der Waals surface area contributed by atoms with Gasteiger partial charge in [0, 0.05) is 4.90 Å². The number of allylic oxidation sites excluding steroid dienone is 2. The summed E-state index contributed by atoms with van der Waals surface area (Å²) in [6.07, 6.45) is 6.11. The Morgan fingerprint density at radius 1 is 1.06 bits per heavy atom. The van der Waals surface area contributed by atoms with Gasteiger partial charge in [-0.1, -0.05) is 58.6 Å². The standard InChI is InChI=1S/C12H12Cl4OS/c1-2-3-4-5-6-18-12-9(15)7(13)11(17)8(14)10(12)16/h2-3,17H,4-6H2,1H3/b3-2+. The number of benzene rings is 1. The van der Waals surface area contributed by atoms with Gasteiger partial charge >= 0.3 is 0 Å². The van der Waals surface area contributed by atoms with Gasteiger partial charge in [0.1, 0.15) is 10.0 Å². The monoisotopic (exact) mass is 344 g/mol. The molecule has 0 aliphatic carbocycles. The van der Waals surface area contributed by atoms with Gasteiger partial charge in [-0.2, -0.15) is 0 Å². The van der Waals surface area contributed by atoms with Crippen molar-refractivity contribution in [1.29, 1.82) is 0 Å². The lowest BCUT2D eigenvalue weighted by Gasteiger charge is -2.11. The van der Waals surface area contributed by atoms with E-state index in [0.717, 1.165) is 18.6 Å². The normalized spacial score (nSPS) is 11.4. The first-order valence-electron chi connectivity index (χ1n) is 5.29. The molecule has 0 heterocycles. The van der Waals surface area contributed by atoms with Crippen molar-refractivity contribution in [2.75, 3.05) is 5.75 Å². The summed E-state index contributed by atoms with van der Waals surface area (Å²) in [5.74, 6) is 0.577. The van der Waals surface area contributed by atoms with Gasteiger partial charge in [0.25, 0.3) is 0 Å². The Labute approximate surface area is 131 Å². The van der Waals surface area contributed by atoms with Crippen LogP contribution in [0.2, 0.25) is 20.1 Å². The van der Waals surface area contributed by atoms with Crippen LogP contribution in [-0.2, 0) is 0 Å². The third-order valence-corrected chi connectivity index (χ3v) is 5.30. The molecule has 1 aromatic carbocycles. The second-order valence-electron chi connectivity index (χ2n) is 3.49. The second-order valence-corrected chi connectivity index (χ2v) is 6.11. The summed E-state index contributed by atoms with van der Waals surface area (Å²) in [7, 11) is 0. The molecule has 0 fully saturated rings. The second kappa shape index (κ2) is 7.76. The van der Waals surface area contributed by atoms with Crippen molar-refractivity contribution in [2.45, 2.75) is 24.7 Å². The average molecular weight is 346 g/mol. The van der Waals surface area contributed by atoms with Crippen LogP contribution in [0.5, 0.6) is 5.75 Å². The fourth-order valence-electron chi connectivity index (χ4n) is 1.27. The third kappa shape index (κ3) is 3.88. The van der Waals surface area contributed by atoms with Gasteiger partial charge in [-0.3, -0.25) is 0 Å². The first-order chi connectivity index (χ1) is 8.50. The molecule has 0 amide bonds. The van der Waals surface area contributed by atoms with Crippen molar-refractivity contribution in [3.05, 3.63) is 32.2 Å². The number of phenolic OH excluding ortho intramolecular Hbond substituents is 1. The van der Waals surface area contributed by atoms with E-state index >= 15 is 0 Å². The zero-order valence-electron chi connectivity index (χ0n) is 9.64. The van der Waals surface area contributed by atoms with E-state index in [9.17, 15) is 5.11 Å². The first-order valence-corrected chi connectivity index (χ1v) is 7.79. The molecule has 1 N–H and O–H groups in total. The number of phenols is 1. The Balaban J connectivity index is 2.83. The molecule has 1 aromatic rings. The summed E-state index contributed by atoms with van der Waals surface area (Å²) in [6.45, 7) is 1.99. The third-order valence-electron chi connectivity index (χ3n) is 2.20. The molecule has 0 spiro atoms. The van der Waals surface area contributed by atoms with E-state index in [1.54, 1.807) is 0 Å². The number of rotatable bonds is 5. The molecule has 100 valence electrons. The van der Waals surface area contributed by atoms with Gasteiger partial charge in [0.2, 0.25) is 0 Å². The molecule has 0 bridgehead atoms. The van der Waals surface area contributed by atoms with Gasteiger partial charge in [0.05, 0.1) is 10.0 Å². The van der Waals surface area contributed by atoms with Gasteiger partial charge in [-0.05, 0) is 25.5 Å². The molecule has 0 saturated heterocycles. The minimum absolute atomic E-state index is 0.0435. The molecule has 0 unspecified atom stereocenters. The van der Waals surface area contributed by atoms with E-state index in [-0.39, 0.29) is 25.8 Å². The quantitative estimate of drug-likeness (QED) is 0.286. The summed E-state index contributed by atoms with van der Waals surface area (Å²) in [6, 6.07) is 0. The highest BCUT2D eigenvalue weighted by molar-refractivity contribution is 7.99. The molecule has 18 heavy (non-hydrogen) atoms. The highest BCUT2D eigenvalue weighted by Gasteiger charge is 2.19. The lowest BCUT2D eigenvalue weighted by molar-refractivity contribution is 0.475. The zero-order chi connectivity index (χ0) is 13.7. The van der Waals surface area contributed by atoms with E-state index < -0.39 is 0 Å². The molecule has 1 rings (SSSR count). The van der Waals surface area contributed by atoms with Crippen LogP contribution in [0.15, 0.2) is 17.0 Å². The molecule has 0 aromatic heterocycles. The molecule has 1 nitrogen and oxygen atoms in total. The van der Waals surface area contributed by atoms with Crippen molar-refractivity contribution in [1.82, 2.24) is 0 Å². The Morgan fingerprint density at radius 2 is 1.61 bits per heavy atom. The topological polar surface area (TPSA) is 20.2 Å². The lowest BCUT2D eigenvalue weighted by Crippen LogP contribution is -1.86. The first kappa shape index (κ1) is 16.3. The summed E-state index contributed by atoms with van der Waals surface area (Å²) in [5, 5.41) is 10.2. The number of hydrogen-bond acceptors (Lipinski definition) is 2. The SMILES string of the molecule is C/C=C/CCCSc1c(Cl)c(Cl)c(O)c(Cl)c1Cl. The van der Waals surface area contributed by atoms with Crippen LogP contribution in [0.4, 0.5) is 0 Å². The molecule has 0 aliphatic rings. The Morgan fingerprint density at radius 3 is 2.11 bits per heavy atom. The highest BCUT2D eigenvalue weighted by Crippen LogP contribution is 2.49. The van der Waals surface area contributed by atoms with Gasteiger partial charge in [-0.15, -0.1) is 11.8 Å². The number of aromatic hydroxyl groups is 1. The number of hydrogen-bond donors (Lipinski definition) is 1. The number of halogens is 4. The molecule has 0 radical (unpaired) electrons. The minimum Gasteiger partial charge on any atom is -0.505 e.